The summed E-state index contributed by atoms with van der Waals surface area (Å²) in [6, 6.07) is 3.58. The summed E-state index contributed by atoms with van der Waals surface area (Å²) in [5.74, 6) is 1.01. The minimum Gasteiger partial charge on any atom is -0.467 e. The molecule has 37 heavy (non-hydrogen) atoms. The molecule has 3 atom stereocenters. The maximum Gasteiger partial charge on any atom is 0.331 e. The number of aromatic amines is 1. The van der Waals surface area contributed by atoms with E-state index < -0.39 is 32.1 Å². The van der Waals surface area contributed by atoms with E-state index in [1.165, 1.54) is 23.9 Å². The number of nitrogens with zero attached hydrogens (tertiary/aromatic N) is 4. The Hall–Kier alpha value is -2.26. The molecule has 3 rings (SSSR count). The van der Waals surface area contributed by atoms with Gasteiger partial charge in [-0.15, -0.1) is 0 Å². The molecule has 1 fully saturated rings. The Morgan fingerprint density at radius 3 is 2.54 bits per heavy atom. The monoisotopic (exact) mass is 539 g/mol. The van der Waals surface area contributed by atoms with Gasteiger partial charge in [0.2, 0.25) is 6.23 Å². The van der Waals surface area contributed by atoms with Gasteiger partial charge < -0.3 is 23.3 Å². The summed E-state index contributed by atoms with van der Waals surface area (Å²) in [5.41, 5.74) is -1.10. The van der Waals surface area contributed by atoms with Gasteiger partial charge in [-0.2, -0.15) is 5.26 Å². The topological polar surface area (TPSA) is 131 Å². The number of nitriles is 1. The zero-order chi connectivity index (χ0) is 26.9. The van der Waals surface area contributed by atoms with Crippen molar-refractivity contribution < 1.29 is 23.3 Å². The Kier molecular flexibility index (Phi) is 11.1. The van der Waals surface area contributed by atoms with Gasteiger partial charge in [-0.3, -0.25) is 19.2 Å². The molecule has 1 saturated heterocycles. The zero-order valence-electron chi connectivity index (χ0n) is 22.2. The van der Waals surface area contributed by atoms with Crippen molar-refractivity contribution in [2.45, 2.75) is 65.0 Å². The second-order valence-electron chi connectivity index (χ2n) is 9.31. The van der Waals surface area contributed by atoms with Crippen molar-refractivity contribution in [3.8, 4) is 6.07 Å². The second-order valence-corrected chi connectivity index (χ2v) is 10.7. The van der Waals surface area contributed by atoms with Crippen molar-refractivity contribution in [1.29, 1.82) is 5.26 Å². The number of H-pyrrole nitrogens is 1. The first kappa shape index (κ1) is 29.3. The fourth-order valence-electron chi connectivity index (χ4n) is 4.34. The van der Waals surface area contributed by atoms with Crippen molar-refractivity contribution in [3.05, 3.63) is 44.6 Å². The molecule has 1 aromatic heterocycles. The highest BCUT2D eigenvalue weighted by atomic mass is 31.2. The van der Waals surface area contributed by atoms with Crippen molar-refractivity contribution in [1.82, 2.24) is 19.1 Å². The van der Waals surface area contributed by atoms with Gasteiger partial charge in [0, 0.05) is 57.5 Å². The average molecular weight is 540 g/mol. The molecule has 13 heteroatoms. The molecule has 0 spiro atoms. The van der Waals surface area contributed by atoms with Crippen LogP contribution in [-0.2, 0) is 23.3 Å². The molecule has 2 aliphatic rings. The molecule has 2 aliphatic heterocycles. The van der Waals surface area contributed by atoms with Crippen LogP contribution in [0.5, 0.6) is 0 Å². The predicted molar refractivity (Wildman–Crippen MR) is 137 cm³/mol. The maximum atomic E-state index is 12.6. The first-order valence-corrected chi connectivity index (χ1v) is 13.7. The third kappa shape index (κ3) is 7.63. The number of aromatic nitrogens is 2. The molecule has 0 amide bonds. The molecule has 0 saturated carbocycles. The first-order valence-electron chi connectivity index (χ1n) is 12.6. The minimum atomic E-state index is -1.63. The van der Waals surface area contributed by atoms with Crippen LogP contribution in [0, 0.1) is 11.3 Å². The van der Waals surface area contributed by atoms with Gasteiger partial charge in [-0.05, 0) is 27.7 Å². The predicted octanol–water partition coefficient (Wildman–Crippen LogP) is 2.31. The summed E-state index contributed by atoms with van der Waals surface area (Å²) in [5, 5.41) is 9.04. The van der Waals surface area contributed by atoms with Crippen molar-refractivity contribution in [3.63, 3.8) is 0 Å². The van der Waals surface area contributed by atoms with Crippen LogP contribution in [0.25, 0.3) is 0 Å². The normalized spacial score (nSPS) is 21.5. The van der Waals surface area contributed by atoms with Crippen LogP contribution < -0.4 is 11.2 Å². The number of nitrogens with one attached hydrogen (secondary N) is 1. The highest BCUT2D eigenvalue weighted by Crippen LogP contribution is 2.51. The molecular formula is C24H38N5O7P. The van der Waals surface area contributed by atoms with Crippen LogP contribution in [-0.4, -0.2) is 83.9 Å². The number of methoxy groups -OCH3 is 1. The van der Waals surface area contributed by atoms with E-state index in [4.69, 9.17) is 28.5 Å². The molecule has 206 valence electrons. The van der Waals surface area contributed by atoms with E-state index in [9.17, 15) is 9.59 Å². The number of ether oxygens (including phenoxy) is 3. The highest BCUT2D eigenvalue weighted by Gasteiger charge is 2.43. The molecule has 0 radical (unpaired) electrons. The third-order valence-corrected chi connectivity index (χ3v) is 8.09. The molecule has 0 aliphatic carbocycles. The SMILES string of the molecule is COC1C(OP(OCCC#N)N(C(C)C)C(C)C)=C(CCN2CCOCC2)O[C@H]1n1ccc(=O)[nH]c1=O. The van der Waals surface area contributed by atoms with Crippen LogP contribution in [0.1, 0.15) is 46.8 Å². The quantitative estimate of drug-likeness (QED) is 0.294. The first-order chi connectivity index (χ1) is 17.8. The Labute approximate surface area is 218 Å². The zero-order valence-corrected chi connectivity index (χ0v) is 23.1. The van der Waals surface area contributed by atoms with Gasteiger partial charge in [0.1, 0.15) is 5.76 Å². The highest BCUT2D eigenvalue weighted by molar-refractivity contribution is 7.44. The molecule has 1 N–H and O–H groups in total. The fourth-order valence-corrected chi connectivity index (χ4v) is 6.00. The van der Waals surface area contributed by atoms with E-state index in [1.54, 1.807) is 0 Å². The summed E-state index contributed by atoms with van der Waals surface area (Å²) < 4.78 is 33.7. The van der Waals surface area contributed by atoms with E-state index in [0.29, 0.717) is 37.7 Å². The van der Waals surface area contributed by atoms with Crippen LogP contribution in [0.2, 0.25) is 0 Å². The van der Waals surface area contributed by atoms with Gasteiger partial charge in [0.15, 0.2) is 11.9 Å². The Morgan fingerprint density at radius 2 is 1.95 bits per heavy atom. The Bertz CT molecular complexity index is 1050. The van der Waals surface area contributed by atoms with Crippen molar-refractivity contribution in [2.75, 3.05) is 46.6 Å². The number of morpholine rings is 1. The van der Waals surface area contributed by atoms with Crippen LogP contribution >= 0.6 is 8.53 Å². The van der Waals surface area contributed by atoms with Crippen molar-refractivity contribution in [2.24, 2.45) is 0 Å². The summed E-state index contributed by atoms with van der Waals surface area (Å²) in [4.78, 5) is 28.8. The number of rotatable bonds is 13. The van der Waals surface area contributed by atoms with Crippen LogP contribution in [0.15, 0.2) is 33.4 Å². The summed E-state index contributed by atoms with van der Waals surface area (Å²) in [6.07, 6.45) is 0.519. The Balaban J connectivity index is 1.95. The summed E-state index contributed by atoms with van der Waals surface area (Å²) in [6.45, 7) is 12.1. The van der Waals surface area contributed by atoms with Gasteiger partial charge in [0.05, 0.1) is 32.3 Å². The lowest BCUT2D eigenvalue weighted by atomic mass is 10.2. The number of hydrogen-bond acceptors (Lipinski definition) is 10. The molecule has 3 heterocycles. The summed E-state index contributed by atoms with van der Waals surface area (Å²) in [7, 11) is -0.104. The molecule has 12 nitrogen and oxygen atoms in total. The molecule has 0 bridgehead atoms. The van der Waals surface area contributed by atoms with E-state index in [1.807, 2.05) is 0 Å². The molecule has 1 aromatic rings. The lowest BCUT2D eigenvalue weighted by Crippen LogP contribution is -2.37. The van der Waals surface area contributed by atoms with Gasteiger partial charge in [0.25, 0.3) is 5.56 Å². The van der Waals surface area contributed by atoms with Crippen LogP contribution in [0.3, 0.4) is 0 Å². The maximum absolute atomic E-state index is 12.6. The average Bonchev–Trinajstić information content (AvgIpc) is 3.19. The smallest absolute Gasteiger partial charge is 0.331 e. The van der Waals surface area contributed by atoms with E-state index in [2.05, 4.69) is 48.3 Å². The second kappa shape index (κ2) is 14.0. The van der Waals surface area contributed by atoms with Gasteiger partial charge in [-0.1, -0.05) is 0 Å². The van der Waals surface area contributed by atoms with E-state index in [-0.39, 0.29) is 25.1 Å². The van der Waals surface area contributed by atoms with E-state index >= 15 is 0 Å². The molecule has 2 unspecified atom stereocenters. The lowest BCUT2D eigenvalue weighted by Gasteiger charge is -2.36. The third-order valence-electron chi connectivity index (χ3n) is 6.03. The summed E-state index contributed by atoms with van der Waals surface area (Å²) >= 11 is 0. The molecular weight excluding hydrogens is 501 g/mol. The van der Waals surface area contributed by atoms with Crippen LogP contribution in [0.4, 0.5) is 0 Å². The fraction of sp³-hybridized carbons (Fsp3) is 0.708. The standard InChI is InChI=1S/C24H38N5O7P/c1-17(2)29(18(3)4)37(34-14-6-9-25)36-21-19(7-10-27-12-15-33-16-13-27)35-23(22(21)32-5)28-11-8-20(30)26-24(28)31/h8,11,17-18,22-23H,6-7,10,12-16H2,1-5H3,(H,26,30,31)/t22?,23-,37?/m1/s1. The molecule has 0 aromatic carbocycles. The van der Waals surface area contributed by atoms with Gasteiger partial charge in [-0.25, -0.2) is 9.46 Å². The number of hydrogen-bond donors (Lipinski definition) is 1. The largest absolute Gasteiger partial charge is 0.467 e. The van der Waals surface area contributed by atoms with Crippen molar-refractivity contribution >= 4 is 8.53 Å². The minimum absolute atomic E-state index is 0.103. The van der Waals surface area contributed by atoms with E-state index in [0.717, 1.165) is 13.1 Å². The lowest BCUT2D eigenvalue weighted by molar-refractivity contribution is -0.0352. The van der Waals surface area contributed by atoms with Gasteiger partial charge >= 0.3 is 14.2 Å². The Morgan fingerprint density at radius 1 is 1.24 bits per heavy atom.